The Kier molecular flexibility index (Phi) is 5.02. The number of carbonyl (C=O) groups excluding carboxylic acids is 1. The summed E-state index contributed by atoms with van der Waals surface area (Å²) in [7, 11) is -2.99. The van der Waals surface area contributed by atoms with Gasteiger partial charge in [-0.15, -0.1) is 6.42 Å². The summed E-state index contributed by atoms with van der Waals surface area (Å²) in [5.74, 6) is 2.86. The van der Waals surface area contributed by atoms with E-state index in [2.05, 4.69) is 16.1 Å². The first-order valence-corrected chi connectivity index (χ1v) is 8.70. The van der Waals surface area contributed by atoms with Crippen LogP contribution in [0.5, 0.6) is 0 Å². The molecule has 1 N–H and O–H groups in total. The van der Waals surface area contributed by atoms with Gasteiger partial charge >= 0.3 is 0 Å². The summed E-state index contributed by atoms with van der Waals surface area (Å²) in [5.41, 5.74) is 0. The second-order valence-corrected chi connectivity index (χ2v) is 7.56. The van der Waals surface area contributed by atoms with Gasteiger partial charge in [0.25, 0.3) is 0 Å². The Balaban J connectivity index is 1.80. The molecule has 0 aromatic carbocycles. The van der Waals surface area contributed by atoms with Crippen LogP contribution in [0.1, 0.15) is 6.42 Å². The van der Waals surface area contributed by atoms with Crippen molar-refractivity contribution >= 4 is 15.7 Å². The topological polar surface area (TPSA) is 69.7 Å². The summed E-state index contributed by atoms with van der Waals surface area (Å²) in [6.07, 6.45) is 5.52. The van der Waals surface area contributed by atoms with Crippen LogP contribution in [0.4, 0.5) is 0 Å². The molecule has 6 nitrogen and oxygen atoms in total. The molecule has 7 heteroatoms. The summed E-state index contributed by atoms with van der Waals surface area (Å²) in [6.45, 7) is 3.96. The lowest BCUT2D eigenvalue weighted by molar-refractivity contribution is -0.133. The average molecular weight is 299 g/mol. The minimum atomic E-state index is -2.99. The first kappa shape index (κ1) is 15.3. The molecule has 0 bridgehead atoms. The van der Waals surface area contributed by atoms with Crippen molar-refractivity contribution in [1.82, 2.24) is 15.1 Å². The van der Waals surface area contributed by atoms with E-state index in [1.807, 2.05) is 0 Å². The molecule has 20 heavy (non-hydrogen) atoms. The van der Waals surface area contributed by atoms with Crippen molar-refractivity contribution in [2.24, 2.45) is 0 Å². The van der Waals surface area contributed by atoms with Gasteiger partial charge in [0, 0.05) is 45.2 Å². The van der Waals surface area contributed by atoms with Gasteiger partial charge in [0.2, 0.25) is 5.91 Å². The van der Waals surface area contributed by atoms with Crippen molar-refractivity contribution in [1.29, 1.82) is 0 Å². The van der Waals surface area contributed by atoms with Crippen LogP contribution in [0.15, 0.2) is 0 Å². The van der Waals surface area contributed by atoms with E-state index in [1.165, 1.54) is 0 Å². The fourth-order valence-electron chi connectivity index (χ4n) is 2.62. The van der Waals surface area contributed by atoms with E-state index in [9.17, 15) is 13.2 Å². The van der Waals surface area contributed by atoms with Crippen LogP contribution >= 0.6 is 0 Å². The van der Waals surface area contributed by atoms with Gasteiger partial charge in [0.1, 0.15) is 0 Å². The molecule has 0 saturated carbocycles. The normalized spacial score (nSPS) is 26.9. The van der Waals surface area contributed by atoms with Gasteiger partial charge in [0.05, 0.1) is 18.1 Å². The van der Waals surface area contributed by atoms with Gasteiger partial charge in [-0.05, 0) is 0 Å². The third-order valence-electron chi connectivity index (χ3n) is 3.76. The molecule has 112 valence electrons. The third kappa shape index (κ3) is 4.20. The molecule has 2 saturated heterocycles. The molecule has 2 fully saturated rings. The van der Waals surface area contributed by atoms with Gasteiger partial charge in [-0.3, -0.25) is 9.69 Å². The second kappa shape index (κ2) is 6.57. The Labute approximate surface area is 120 Å². The van der Waals surface area contributed by atoms with Crippen molar-refractivity contribution in [2.75, 3.05) is 50.8 Å². The summed E-state index contributed by atoms with van der Waals surface area (Å²) in [4.78, 5) is 16.1. The number of carbonyl (C=O) groups is 1. The van der Waals surface area contributed by atoms with Crippen LogP contribution in [0.2, 0.25) is 0 Å². The summed E-state index contributed by atoms with van der Waals surface area (Å²) < 4.78 is 23.1. The molecule has 0 spiro atoms. The number of sulfone groups is 1. The third-order valence-corrected chi connectivity index (χ3v) is 5.50. The Hall–Kier alpha value is -1.10. The predicted molar refractivity (Wildman–Crippen MR) is 76.9 cm³/mol. The largest absolute Gasteiger partial charge is 0.340 e. The molecule has 0 radical (unpaired) electrons. The highest BCUT2D eigenvalue weighted by Crippen LogP contribution is 2.09. The van der Waals surface area contributed by atoms with E-state index in [0.29, 0.717) is 26.2 Å². The van der Waals surface area contributed by atoms with E-state index in [4.69, 9.17) is 6.42 Å². The number of nitrogens with one attached hydrogen (secondary N) is 1. The number of terminal acetylenes is 1. The predicted octanol–water partition coefficient (Wildman–Crippen LogP) is -1.46. The van der Waals surface area contributed by atoms with Crippen molar-refractivity contribution in [3.05, 3.63) is 0 Å². The zero-order valence-corrected chi connectivity index (χ0v) is 12.4. The SMILES string of the molecule is C#CCN1CCN(C(=O)CC2CS(=O)(=O)CCN2)CC1. The van der Waals surface area contributed by atoms with E-state index in [0.717, 1.165) is 13.1 Å². The van der Waals surface area contributed by atoms with Crippen LogP contribution in [0, 0.1) is 12.3 Å². The fraction of sp³-hybridized carbons (Fsp3) is 0.769. The number of piperazine rings is 1. The fourth-order valence-corrected chi connectivity index (χ4v) is 4.07. The van der Waals surface area contributed by atoms with E-state index in [1.54, 1.807) is 4.90 Å². The lowest BCUT2D eigenvalue weighted by Gasteiger charge is -2.35. The van der Waals surface area contributed by atoms with Crippen LogP contribution in [0.3, 0.4) is 0 Å². The number of nitrogens with zero attached hydrogens (tertiary/aromatic N) is 2. The quantitative estimate of drug-likeness (QED) is 0.645. The zero-order valence-electron chi connectivity index (χ0n) is 11.5. The molecule has 1 amide bonds. The minimum absolute atomic E-state index is 0.0277. The first-order valence-electron chi connectivity index (χ1n) is 6.87. The van der Waals surface area contributed by atoms with E-state index in [-0.39, 0.29) is 29.9 Å². The smallest absolute Gasteiger partial charge is 0.224 e. The maximum Gasteiger partial charge on any atom is 0.224 e. The number of hydrogen-bond acceptors (Lipinski definition) is 5. The van der Waals surface area contributed by atoms with Crippen LogP contribution in [-0.4, -0.2) is 80.9 Å². The molecule has 1 atom stereocenters. The maximum absolute atomic E-state index is 12.2. The van der Waals surface area contributed by atoms with Crippen molar-refractivity contribution in [3.8, 4) is 12.3 Å². The molecule has 0 aromatic heterocycles. The van der Waals surface area contributed by atoms with E-state index >= 15 is 0 Å². The molecule has 2 aliphatic rings. The summed E-state index contributed by atoms with van der Waals surface area (Å²) in [5, 5.41) is 3.11. The highest BCUT2D eigenvalue weighted by molar-refractivity contribution is 7.91. The second-order valence-electron chi connectivity index (χ2n) is 5.33. The van der Waals surface area contributed by atoms with Crippen molar-refractivity contribution in [3.63, 3.8) is 0 Å². The van der Waals surface area contributed by atoms with Crippen molar-refractivity contribution < 1.29 is 13.2 Å². The Morgan fingerprint density at radius 3 is 2.60 bits per heavy atom. The number of rotatable bonds is 3. The van der Waals surface area contributed by atoms with Gasteiger partial charge in [-0.1, -0.05) is 5.92 Å². The number of amides is 1. The molecular weight excluding hydrogens is 278 g/mol. The first-order chi connectivity index (χ1) is 9.50. The average Bonchev–Trinajstić information content (AvgIpc) is 2.38. The van der Waals surface area contributed by atoms with E-state index < -0.39 is 9.84 Å². The summed E-state index contributed by atoms with van der Waals surface area (Å²) >= 11 is 0. The Morgan fingerprint density at radius 2 is 2.00 bits per heavy atom. The molecular formula is C13H21N3O3S. The zero-order chi connectivity index (χ0) is 14.6. The van der Waals surface area contributed by atoms with Crippen LogP contribution in [0.25, 0.3) is 0 Å². The number of hydrogen-bond donors (Lipinski definition) is 1. The van der Waals surface area contributed by atoms with Gasteiger partial charge in [-0.25, -0.2) is 8.42 Å². The van der Waals surface area contributed by atoms with Gasteiger partial charge in [-0.2, -0.15) is 0 Å². The Bertz CT molecular complexity index is 489. The minimum Gasteiger partial charge on any atom is -0.340 e. The standard InChI is InChI=1S/C13H21N3O3S/c1-2-4-15-5-7-16(8-6-15)13(17)10-12-11-20(18,19)9-3-14-12/h1,12,14H,3-11H2. The van der Waals surface area contributed by atoms with Gasteiger partial charge in [0.15, 0.2) is 9.84 Å². The molecule has 2 heterocycles. The highest BCUT2D eigenvalue weighted by atomic mass is 32.2. The van der Waals surface area contributed by atoms with Gasteiger partial charge < -0.3 is 10.2 Å². The van der Waals surface area contributed by atoms with Crippen LogP contribution < -0.4 is 5.32 Å². The molecule has 2 aliphatic heterocycles. The highest BCUT2D eigenvalue weighted by Gasteiger charge is 2.28. The van der Waals surface area contributed by atoms with Crippen molar-refractivity contribution in [2.45, 2.75) is 12.5 Å². The Morgan fingerprint density at radius 1 is 1.30 bits per heavy atom. The molecule has 2 rings (SSSR count). The molecule has 1 unspecified atom stereocenters. The lowest BCUT2D eigenvalue weighted by atomic mass is 10.2. The molecule has 0 aliphatic carbocycles. The lowest BCUT2D eigenvalue weighted by Crippen LogP contribution is -2.52. The van der Waals surface area contributed by atoms with Crippen LogP contribution in [-0.2, 0) is 14.6 Å². The summed E-state index contributed by atoms with van der Waals surface area (Å²) in [6, 6.07) is -0.245. The monoisotopic (exact) mass is 299 g/mol. The maximum atomic E-state index is 12.2. The molecule has 0 aromatic rings.